The first-order chi connectivity index (χ1) is 9.58. The molecule has 2 aromatic rings. The number of aryl methyl sites for hydroxylation is 1. The van der Waals surface area contributed by atoms with Gasteiger partial charge in [0.05, 0.1) is 12.3 Å². The normalized spacial score (nSPS) is 14.0. The topological polar surface area (TPSA) is 47.3 Å². The molecule has 20 heavy (non-hydrogen) atoms. The van der Waals surface area contributed by atoms with Crippen molar-refractivity contribution in [3.63, 3.8) is 0 Å². The van der Waals surface area contributed by atoms with Gasteiger partial charge in [0, 0.05) is 24.2 Å². The van der Waals surface area contributed by atoms with E-state index >= 15 is 0 Å². The largest absolute Gasteiger partial charge is 0.488 e. The van der Waals surface area contributed by atoms with Gasteiger partial charge in [-0.15, -0.1) is 0 Å². The minimum atomic E-state index is -0.594. The third kappa shape index (κ3) is 3.99. The first kappa shape index (κ1) is 14.9. The molecule has 0 bridgehead atoms. The number of benzene rings is 1. The predicted molar refractivity (Wildman–Crippen MR) is 79.2 cm³/mol. The zero-order chi connectivity index (χ0) is 14.5. The number of aliphatic hydroxyl groups excluding tert-OH is 1. The van der Waals surface area contributed by atoms with Gasteiger partial charge in [0.2, 0.25) is 0 Å². The van der Waals surface area contributed by atoms with E-state index in [1.807, 2.05) is 36.9 Å². The van der Waals surface area contributed by atoms with Crippen LogP contribution in [0.5, 0.6) is 5.75 Å². The van der Waals surface area contributed by atoms with Gasteiger partial charge in [-0.3, -0.25) is 4.68 Å². The van der Waals surface area contributed by atoms with Crippen LogP contribution in [0.25, 0.3) is 0 Å². The molecule has 2 atom stereocenters. The van der Waals surface area contributed by atoms with Gasteiger partial charge in [0.15, 0.2) is 0 Å². The zero-order valence-corrected chi connectivity index (χ0v) is 12.4. The average Bonchev–Trinajstić information content (AvgIpc) is 2.86. The van der Waals surface area contributed by atoms with E-state index in [9.17, 15) is 5.11 Å². The number of nitrogens with zero attached hydrogens (tertiary/aromatic N) is 2. The van der Waals surface area contributed by atoms with Gasteiger partial charge in [-0.05, 0) is 37.6 Å². The van der Waals surface area contributed by atoms with Crippen LogP contribution >= 0.6 is 11.6 Å². The minimum absolute atomic E-state index is 0.321. The van der Waals surface area contributed by atoms with Gasteiger partial charge in [0.1, 0.15) is 11.9 Å². The molecule has 1 aromatic carbocycles. The molecule has 1 aromatic heterocycles. The van der Waals surface area contributed by atoms with E-state index in [4.69, 9.17) is 16.3 Å². The standard InChI is InChI=1S/C15H19ClN2O2/c1-3-18-10-12(9-17-18)7-15(19)11(2)20-14-6-4-5-13(16)8-14/h4-6,8-11,15,19H,3,7H2,1-2H3. The van der Waals surface area contributed by atoms with Crippen LogP contribution in [0.15, 0.2) is 36.7 Å². The zero-order valence-electron chi connectivity index (χ0n) is 11.7. The third-order valence-electron chi connectivity index (χ3n) is 3.12. The molecule has 0 fully saturated rings. The van der Waals surface area contributed by atoms with Gasteiger partial charge in [-0.2, -0.15) is 5.10 Å². The maximum absolute atomic E-state index is 10.2. The number of aliphatic hydroxyl groups is 1. The van der Waals surface area contributed by atoms with E-state index in [1.165, 1.54) is 0 Å². The third-order valence-corrected chi connectivity index (χ3v) is 3.35. The highest BCUT2D eigenvalue weighted by atomic mass is 35.5. The monoisotopic (exact) mass is 294 g/mol. The fourth-order valence-corrected chi connectivity index (χ4v) is 2.11. The second-order valence-electron chi connectivity index (χ2n) is 4.76. The van der Waals surface area contributed by atoms with Crippen molar-refractivity contribution in [1.29, 1.82) is 0 Å². The summed E-state index contributed by atoms with van der Waals surface area (Å²) >= 11 is 5.90. The molecule has 4 nitrogen and oxygen atoms in total. The van der Waals surface area contributed by atoms with Crippen LogP contribution in [0.2, 0.25) is 5.02 Å². The summed E-state index contributed by atoms with van der Waals surface area (Å²) < 4.78 is 7.54. The molecule has 0 saturated carbocycles. The molecule has 0 radical (unpaired) electrons. The van der Waals surface area contributed by atoms with Crippen molar-refractivity contribution in [1.82, 2.24) is 9.78 Å². The Balaban J connectivity index is 1.93. The van der Waals surface area contributed by atoms with Crippen molar-refractivity contribution >= 4 is 11.6 Å². The lowest BCUT2D eigenvalue weighted by Crippen LogP contribution is -2.30. The Hall–Kier alpha value is -1.52. The fraction of sp³-hybridized carbons (Fsp3) is 0.400. The van der Waals surface area contributed by atoms with Crippen LogP contribution in [0.1, 0.15) is 19.4 Å². The van der Waals surface area contributed by atoms with Crippen molar-refractivity contribution in [3.8, 4) is 5.75 Å². The molecule has 2 rings (SSSR count). The molecule has 0 saturated heterocycles. The number of ether oxygens (including phenoxy) is 1. The van der Waals surface area contributed by atoms with Crippen LogP contribution < -0.4 is 4.74 Å². The molecule has 0 spiro atoms. The Morgan fingerprint density at radius 2 is 2.25 bits per heavy atom. The number of aromatic nitrogens is 2. The summed E-state index contributed by atoms with van der Waals surface area (Å²) in [5, 5.41) is 15.0. The van der Waals surface area contributed by atoms with Gasteiger partial charge >= 0.3 is 0 Å². The van der Waals surface area contributed by atoms with Gasteiger partial charge in [-0.1, -0.05) is 17.7 Å². The van der Waals surface area contributed by atoms with Gasteiger partial charge < -0.3 is 9.84 Å². The first-order valence-corrected chi connectivity index (χ1v) is 7.08. The van der Waals surface area contributed by atoms with Crippen molar-refractivity contribution in [2.24, 2.45) is 0 Å². The van der Waals surface area contributed by atoms with E-state index in [2.05, 4.69) is 5.10 Å². The van der Waals surface area contributed by atoms with Crippen LogP contribution in [-0.4, -0.2) is 27.1 Å². The highest BCUT2D eigenvalue weighted by Gasteiger charge is 2.17. The molecular formula is C15H19ClN2O2. The number of hydrogen-bond donors (Lipinski definition) is 1. The lowest BCUT2D eigenvalue weighted by Gasteiger charge is -2.20. The van der Waals surface area contributed by atoms with Gasteiger partial charge in [0.25, 0.3) is 0 Å². The van der Waals surface area contributed by atoms with E-state index in [-0.39, 0.29) is 6.10 Å². The van der Waals surface area contributed by atoms with E-state index in [1.54, 1.807) is 18.3 Å². The Kier molecular flexibility index (Phi) is 5.04. The Bertz CT molecular complexity index is 556. The molecule has 2 unspecified atom stereocenters. The number of hydrogen-bond acceptors (Lipinski definition) is 3. The Morgan fingerprint density at radius 1 is 1.45 bits per heavy atom. The SMILES string of the molecule is CCn1cc(CC(O)C(C)Oc2cccc(Cl)c2)cn1. The molecular weight excluding hydrogens is 276 g/mol. The lowest BCUT2D eigenvalue weighted by molar-refractivity contribution is 0.0478. The van der Waals surface area contributed by atoms with Crippen LogP contribution in [0, 0.1) is 0 Å². The highest BCUT2D eigenvalue weighted by Crippen LogP contribution is 2.19. The summed E-state index contributed by atoms with van der Waals surface area (Å²) in [6.45, 7) is 4.69. The molecule has 1 heterocycles. The quantitative estimate of drug-likeness (QED) is 0.891. The van der Waals surface area contributed by atoms with Crippen molar-refractivity contribution in [3.05, 3.63) is 47.2 Å². The van der Waals surface area contributed by atoms with Gasteiger partial charge in [-0.25, -0.2) is 0 Å². The summed E-state index contributed by atoms with van der Waals surface area (Å²) in [5.74, 6) is 0.660. The molecule has 1 N–H and O–H groups in total. The van der Waals surface area contributed by atoms with Crippen molar-refractivity contribution in [2.75, 3.05) is 0 Å². The molecule has 0 aliphatic carbocycles. The molecule has 0 aliphatic heterocycles. The first-order valence-electron chi connectivity index (χ1n) is 6.70. The van der Waals surface area contributed by atoms with E-state index in [0.717, 1.165) is 12.1 Å². The smallest absolute Gasteiger partial charge is 0.122 e. The van der Waals surface area contributed by atoms with E-state index < -0.39 is 6.10 Å². The summed E-state index contributed by atoms with van der Waals surface area (Å²) in [7, 11) is 0. The lowest BCUT2D eigenvalue weighted by atomic mass is 10.1. The summed E-state index contributed by atoms with van der Waals surface area (Å²) in [6, 6.07) is 7.17. The molecule has 5 heteroatoms. The van der Waals surface area contributed by atoms with Crippen molar-refractivity contribution in [2.45, 2.75) is 39.0 Å². The predicted octanol–water partition coefficient (Wildman–Crippen LogP) is 2.93. The molecule has 0 amide bonds. The second kappa shape index (κ2) is 6.77. The molecule has 108 valence electrons. The maximum atomic E-state index is 10.2. The van der Waals surface area contributed by atoms with Crippen molar-refractivity contribution < 1.29 is 9.84 Å². The number of rotatable bonds is 6. The summed E-state index contributed by atoms with van der Waals surface area (Å²) in [5.41, 5.74) is 1.00. The second-order valence-corrected chi connectivity index (χ2v) is 5.19. The summed E-state index contributed by atoms with van der Waals surface area (Å²) in [6.07, 6.45) is 3.32. The number of halogens is 1. The molecule has 0 aliphatic rings. The van der Waals surface area contributed by atoms with E-state index in [0.29, 0.717) is 17.2 Å². The minimum Gasteiger partial charge on any atom is -0.488 e. The Morgan fingerprint density at radius 3 is 2.90 bits per heavy atom. The van der Waals surface area contributed by atoms with Crippen LogP contribution in [0.3, 0.4) is 0 Å². The average molecular weight is 295 g/mol. The van der Waals surface area contributed by atoms with Crippen LogP contribution in [0.4, 0.5) is 0 Å². The fourth-order valence-electron chi connectivity index (χ4n) is 1.93. The summed E-state index contributed by atoms with van der Waals surface area (Å²) in [4.78, 5) is 0. The Labute approximate surface area is 123 Å². The van der Waals surface area contributed by atoms with Crippen LogP contribution in [-0.2, 0) is 13.0 Å². The maximum Gasteiger partial charge on any atom is 0.122 e. The highest BCUT2D eigenvalue weighted by molar-refractivity contribution is 6.30.